The van der Waals surface area contributed by atoms with Crippen molar-refractivity contribution >= 4 is 0 Å². The summed E-state index contributed by atoms with van der Waals surface area (Å²) in [5, 5.41) is 0. The third kappa shape index (κ3) is 2.87. The van der Waals surface area contributed by atoms with Crippen LogP contribution in [0.3, 0.4) is 0 Å². The van der Waals surface area contributed by atoms with E-state index in [4.69, 9.17) is 4.42 Å². The maximum absolute atomic E-state index is 5.54. The van der Waals surface area contributed by atoms with Crippen LogP contribution in [0.1, 0.15) is 57.1 Å². The van der Waals surface area contributed by atoms with Crippen LogP contribution in [0.2, 0.25) is 0 Å². The molecule has 0 spiro atoms. The van der Waals surface area contributed by atoms with Crippen molar-refractivity contribution in [1.29, 1.82) is 0 Å². The Morgan fingerprint density at radius 3 is 2.31 bits per heavy atom. The second-order valence-electron chi connectivity index (χ2n) is 3.56. The van der Waals surface area contributed by atoms with Gasteiger partial charge in [-0.25, -0.2) is 4.98 Å². The van der Waals surface area contributed by atoms with Crippen LogP contribution in [0.4, 0.5) is 0 Å². The van der Waals surface area contributed by atoms with Gasteiger partial charge in [0, 0.05) is 12.8 Å². The standard InChI is InChI=1S/C11H19NO/c1-4-6-10(7-5-2)11-8-12-9(3)13-11/h8,10H,4-7H2,1-3H3. The second-order valence-corrected chi connectivity index (χ2v) is 3.56. The van der Waals surface area contributed by atoms with Crippen LogP contribution in [0.15, 0.2) is 10.6 Å². The second kappa shape index (κ2) is 5.05. The van der Waals surface area contributed by atoms with Crippen molar-refractivity contribution in [2.45, 2.75) is 52.4 Å². The first-order chi connectivity index (χ1) is 6.27. The van der Waals surface area contributed by atoms with Crippen molar-refractivity contribution in [3.05, 3.63) is 17.8 Å². The van der Waals surface area contributed by atoms with E-state index >= 15 is 0 Å². The van der Waals surface area contributed by atoms with Crippen molar-refractivity contribution in [3.8, 4) is 0 Å². The Labute approximate surface area is 80.4 Å². The molecule has 1 heterocycles. The number of aromatic nitrogens is 1. The van der Waals surface area contributed by atoms with E-state index in [0.29, 0.717) is 5.92 Å². The summed E-state index contributed by atoms with van der Waals surface area (Å²) in [7, 11) is 0. The number of oxazole rings is 1. The van der Waals surface area contributed by atoms with Gasteiger partial charge >= 0.3 is 0 Å². The first-order valence-electron chi connectivity index (χ1n) is 5.20. The van der Waals surface area contributed by atoms with E-state index in [2.05, 4.69) is 18.8 Å². The molecule has 0 N–H and O–H groups in total. The topological polar surface area (TPSA) is 26.0 Å². The summed E-state index contributed by atoms with van der Waals surface area (Å²) in [6.45, 7) is 6.33. The van der Waals surface area contributed by atoms with Crippen LogP contribution in [-0.2, 0) is 0 Å². The highest BCUT2D eigenvalue weighted by atomic mass is 16.4. The van der Waals surface area contributed by atoms with E-state index in [1.54, 1.807) is 0 Å². The molecule has 0 aliphatic carbocycles. The lowest BCUT2D eigenvalue weighted by Gasteiger charge is -2.10. The predicted octanol–water partition coefficient (Wildman–Crippen LogP) is 3.67. The SMILES string of the molecule is CCCC(CCC)c1cnc(C)o1. The molecule has 2 heteroatoms. The third-order valence-corrected chi connectivity index (χ3v) is 2.32. The molecule has 0 amide bonds. The first-order valence-corrected chi connectivity index (χ1v) is 5.20. The van der Waals surface area contributed by atoms with Gasteiger partial charge in [0.25, 0.3) is 0 Å². The van der Waals surface area contributed by atoms with Gasteiger partial charge in [-0.15, -0.1) is 0 Å². The molecule has 74 valence electrons. The molecular formula is C11H19NO. The van der Waals surface area contributed by atoms with Gasteiger partial charge < -0.3 is 4.42 Å². The lowest BCUT2D eigenvalue weighted by atomic mass is 9.96. The summed E-state index contributed by atoms with van der Waals surface area (Å²) in [4.78, 5) is 4.14. The molecule has 2 nitrogen and oxygen atoms in total. The fraction of sp³-hybridized carbons (Fsp3) is 0.727. The summed E-state index contributed by atoms with van der Waals surface area (Å²) in [5.74, 6) is 2.43. The Morgan fingerprint density at radius 1 is 1.31 bits per heavy atom. The van der Waals surface area contributed by atoms with Crippen molar-refractivity contribution in [1.82, 2.24) is 4.98 Å². The van der Waals surface area contributed by atoms with Gasteiger partial charge in [-0.05, 0) is 12.8 Å². The van der Waals surface area contributed by atoms with Crippen LogP contribution in [0.5, 0.6) is 0 Å². The highest BCUT2D eigenvalue weighted by Gasteiger charge is 2.13. The quantitative estimate of drug-likeness (QED) is 0.692. The Morgan fingerprint density at radius 2 is 1.92 bits per heavy atom. The fourth-order valence-corrected chi connectivity index (χ4v) is 1.69. The van der Waals surface area contributed by atoms with Gasteiger partial charge in [-0.2, -0.15) is 0 Å². The van der Waals surface area contributed by atoms with E-state index in [-0.39, 0.29) is 0 Å². The lowest BCUT2D eigenvalue weighted by molar-refractivity contribution is 0.408. The molecule has 1 aromatic rings. The van der Waals surface area contributed by atoms with Gasteiger partial charge in [-0.3, -0.25) is 0 Å². The van der Waals surface area contributed by atoms with Gasteiger partial charge in [0.1, 0.15) is 5.76 Å². The van der Waals surface area contributed by atoms with Gasteiger partial charge in [0.05, 0.1) is 6.20 Å². The minimum absolute atomic E-state index is 0.580. The number of hydrogen-bond acceptors (Lipinski definition) is 2. The van der Waals surface area contributed by atoms with E-state index in [0.717, 1.165) is 11.7 Å². The normalized spacial score (nSPS) is 11.1. The third-order valence-electron chi connectivity index (χ3n) is 2.32. The molecule has 0 aromatic carbocycles. The van der Waals surface area contributed by atoms with Crippen molar-refractivity contribution < 1.29 is 4.42 Å². The van der Waals surface area contributed by atoms with Crippen LogP contribution in [0, 0.1) is 6.92 Å². The summed E-state index contributed by atoms with van der Waals surface area (Å²) in [6.07, 6.45) is 6.73. The molecule has 0 fully saturated rings. The summed E-state index contributed by atoms with van der Waals surface area (Å²) in [6, 6.07) is 0. The number of aryl methyl sites for hydroxylation is 1. The number of hydrogen-bond donors (Lipinski definition) is 0. The highest BCUT2D eigenvalue weighted by Crippen LogP contribution is 2.26. The fourth-order valence-electron chi connectivity index (χ4n) is 1.69. The van der Waals surface area contributed by atoms with Crippen molar-refractivity contribution in [3.63, 3.8) is 0 Å². The average Bonchev–Trinajstić information content (AvgIpc) is 2.51. The molecule has 0 radical (unpaired) electrons. The summed E-state index contributed by atoms with van der Waals surface area (Å²) in [5.41, 5.74) is 0. The molecule has 0 saturated heterocycles. The number of nitrogens with zero attached hydrogens (tertiary/aromatic N) is 1. The van der Waals surface area contributed by atoms with Crippen LogP contribution in [-0.4, -0.2) is 4.98 Å². The molecular weight excluding hydrogens is 162 g/mol. The van der Waals surface area contributed by atoms with E-state index in [1.165, 1.54) is 25.7 Å². The zero-order valence-electron chi connectivity index (χ0n) is 8.84. The largest absolute Gasteiger partial charge is 0.446 e. The molecule has 0 bridgehead atoms. The van der Waals surface area contributed by atoms with Gasteiger partial charge in [0.15, 0.2) is 5.89 Å². The maximum atomic E-state index is 5.54. The minimum Gasteiger partial charge on any atom is -0.446 e. The molecule has 1 aromatic heterocycles. The Kier molecular flexibility index (Phi) is 4.00. The van der Waals surface area contributed by atoms with Crippen molar-refractivity contribution in [2.75, 3.05) is 0 Å². The van der Waals surface area contributed by atoms with E-state index in [1.807, 2.05) is 13.1 Å². The highest BCUT2D eigenvalue weighted by molar-refractivity contribution is 5.00. The maximum Gasteiger partial charge on any atom is 0.191 e. The van der Waals surface area contributed by atoms with Crippen LogP contribution >= 0.6 is 0 Å². The summed E-state index contributed by atoms with van der Waals surface area (Å²) >= 11 is 0. The molecule has 13 heavy (non-hydrogen) atoms. The minimum atomic E-state index is 0.580. The Hall–Kier alpha value is -0.790. The molecule has 1 rings (SSSR count). The van der Waals surface area contributed by atoms with E-state index in [9.17, 15) is 0 Å². The molecule has 0 saturated carbocycles. The average molecular weight is 181 g/mol. The monoisotopic (exact) mass is 181 g/mol. The predicted molar refractivity (Wildman–Crippen MR) is 53.8 cm³/mol. The number of rotatable bonds is 5. The molecule has 0 unspecified atom stereocenters. The first kappa shape index (κ1) is 10.3. The van der Waals surface area contributed by atoms with Gasteiger partial charge in [0.2, 0.25) is 0 Å². The van der Waals surface area contributed by atoms with Crippen LogP contribution < -0.4 is 0 Å². The smallest absolute Gasteiger partial charge is 0.191 e. The van der Waals surface area contributed by atoms with Crippen LogP contribution in [0.25, 0.3) is 0 Å². The van der Waals surface area contributed by atoms with Gasteiger partial charge in [-0.1, -0.05) is 26.7 Å². The molecule has 0 aliphatic rings. The molecule has 0 aliphatic heterocycles. The molecule has 0 atom stereocenters. The summed E-state index contributed by atoms with van der Waals surface area (Å²) < 4.78 is 5.54. The lowest BCUT2D eigenvalue weighted by Crippen LogP contribution is -1.96. The van der Waals surface area contributed by atoms with E-state index < -0.39 is 0 Å². The Bertz CT molecular complexity index is 236. The Balaban J connectivity index is 2.63. The zero-order chi connectivity index (χ0) is 9.68. The van der Waals surface area contributed by atoms with Crippen molar-refractivity contribution in [2.24, 2.45) is 0 Å². The zero-order valence-corrected chi connectivity index (χ0v) is 8.84.